The Balaban J connectivity index is 1.68. The first-order chi connectivity index (χ1) is 20.1. The molecule has 0 spiro atoms. The highest BCUT2D eigenvalue weighted by molar-refractivity contribution is 6.37. The van der Waals surface area contributed by atoms with Crippen LogP contribution in [0.25, 0.3) is 0 Å². The van der Waals surface area contributed by atoms with Gasteiger partial charge >= 0.3 is 6.09 Å². The SMILES string of the molecule is CCOc1ccc(C(=O)NNC(=O)c2cc(Cl)c(OC[C@H]3[C@@H](C)OC(C)(C)N3C(=O)OC(C)(C)C)c(Cl)c2)cc1OCC. The maximum absolute atomic E-state index is 13.0. The van der Waals surface area contributed by atoms with Crippen molar-refractivity contribution in [3.8, 4) is 17.2 Å². The molecule has 1 aliphatic rings. The second-order valence-corrected chi connectivity index (χ2v) is 12.0. The van der Waals surface area contributed by atoms with Crippen LogP contribution in [-0.4, -0.2) is 66.1 Å². The summed E-state index contributed by atoms with van der Waals surface area (Å²) in [6, 6.07) is 6.90. The Morgan fingerprint density at radius 1 is 0.907 bits per heavy atom. The van der Waals surface area contributed by atoms with E-state index in [0.717, 1.165) is 0 Å². The van der Waals surface area contributed by atoms with Crippen molar-refractivity contribution in [1.82, 2.24) is 15.8 Å². The fourth-order valence-corrected chi connectivity index (χ4v) is 5.12. The van der Waals surface area contributed by atoms with E-state index in [-0.39, 0.29) is 39.6 Å². The highest BCUT2D eigenvalue weighted by Gasteiger charge is 2.50. The molecule has 1 saturated heterocycles. The van der Waals surface area contributed by atoms with Crippen LogP contribution in [-0.2, 0) is 9.47 Å². The molecule has 1 fully saturated rings. The van der Waals surface area contributed by atoms with Crippen LogP contribution in [0.5, 0.6) is 17.2 Å². The van der Waals surface area contributed by atoms with Crippen molar-refractivity contribution in [3.05, 3.63) is 51.5 Å². The minimum atomic E-state index is -0.939. The van der Waals surface area contributed by atoms with Gasteiger partial charge in [-0.25, -0.2) is 4.79 Å². The van der Waals surface area contributed by atoms with Crippen molar-refractivity contribution in [2.75, 3.05) is 19.8 Å². The van der Waals surface area contributed by atoms with E-state index in [1.54, 1.807) is 46.8 Å². The van der Waals surface area contributed by atoms with Crippen LogP contribution in [0.1, 0.15) is 76.1 Å². The number of hydrogen-bond donors (Lipinski definition) is 2. The summed E-state index contributed by atoms with van der Waals surface area (Å²) in [5.41, 5.74) is 3.40. The summed E-state index contributed by atoms with van der Waals surface area (Å²) < 4.78 is 28.6. The molecular formula is C30H39Cl2N3O8. The van der Waals surface area contributed by atoms with Crippen LogP contribution in [0.3, 0.4) is 0 Å². The molecule has 1 aliphatic heterocycles. The van der Waals surface area contributed by atoms with E-state index in [1.165, 1.54) is 23.1 Å². The van der Waals surface area contributed by atoms with Crippen LogP contribution in [0.4, 0.5) is 4.79 Å². The molecule has 13 heteroatoms. The molecular weight excluding hydrogens is 601 g/mol. The van der Waals surface area contributed by atoms with Crippen molar-refractivity contribution in [1.29, 1.82) is 0 Å². The van der Waals surface area contributed by atoms with Gasteiger partial charge in [0.2, 0.25) is 0 Å². The number of hydrazine groups is 1. The third-order valence-electron chi connectivity index (χ3n) is 6.27. The number of carbonyl (C=O) groups is 3. The van der Waals surface area contributed by atoms with Gasteiger partial charge in [0.05, 0.1) is 35.4 Å². The zero-order valence-corrected chi connectivity index (χ0v) is 27.1. The Morgan fingerprint density at radius 3 is 2.02 bits per heavy atom. The van der Waals surface area contributed by atoms with Crippen molar-refractivity contribution >= 4 is 41.1 Å². The Kier molecular flexibility index (Phi) is 11.0. The first-order valence-electron chi connectivity index (χ1n) is 13.9. The Labute approximate surface area is 262 Å². The van der Waals surface area contributed by atoms with Gasteiger partial charge in [0.25, 0.3) is 11.8 Å². The summed E-state index contributed by atoms with van der Waals surface area (Å²) in [4.78, 5) is 40.0. The lowest BCUT2D eigenvalue weighted by Crippen LogP contribution is -2.52. The van der Waals surface area contributed by atoms with Crippen LogP contribution in [0, 0.1) is 0 Å². The summed E-state index contributed by atoms with van der Waals surface area (Å²) in [6.45, 7) is 15.2. The smallest absolute Gasteiger partial charge is 0.413 e. The fraction of sp³-hybridized carbons (Fsp3) is 0.500. The van der Waals surface area contributed by atoms with Crippen LogP contribution >= 0.6 is 23.2 Å². The fourth-order valence-electron chi connectivity index (χ4n) is 4.52. The van der Waals surface area contributed by atoms with Gasteiger partial charge in [0, 0.05) is 11.1 Å². The van der Waals surface area contributed by atoms with Gasteiger partial charge in [0.15, 0.2) is 17.2 Å². The molecule has 11 nitrogen and oxygen atoms in total. The van der Waals surface area contributed by atoms with Crippen molar-refractivity contribution in [3.63, 3.8) is 0 Å². The van der Waals surface area contributed by atoms with Crippen molar-refractivity contribution in [2.45, 2.75) is 78.9 Å². The molecule has 0 aromatic heterocycles. The highest BCUT2D eigenvalue weighted by Crippen LogP contribution is 2.37. The third-order valence-corrected chi connectivity index (χ3v) is 6.83. The molecule has 236 valence electrons. The standard InChI is InChI=1S/C30H39Cl2N3O8/c1-9-39-23-12-11-18(15-24(23)40-10-2)26(36)33-34-27(37)19-13-20(31)25(21(32)14-19)41-16-22-17(3)42-30(7,8)35(22)28(38)43-29(4,5)6/h11-15,17,22H,9-10,16H2,1-8H3,(H,33,36)(H,34,37)/t17-,22+/m1/s1. The van der Waals surface area contributed by atoms with E-state index in [2.05, 4.69) is 10.9 Å². The number of hydrogen-bond acceptors (Lipinski definition) is 8. The largest absolute Gasteiger partial charge is 0.490 e. The van der Waals surface area contributed by atoms with E-state index in [1.807, 2.05) is 20.8 Å². The van der Waals surface area contributed by atoms with Crippen LogP contribution in [0.15, 0.2) is 30.3 Å². The quantitative estimate of drug-likeness (QED) is 0.320. The normalized spacial score (nSPS) is 17.7. The summed E-state index contributed by atoms with van der Waals surface area (Å²) >= 11 is 12.9. The minimum Gasteiger partial charge on any atom is -0.490 e. The molecule has 3 amide bonds. The second-order valence-electron chi connectivity index (χ2n) is 11.2. The van der Waals surface area contributed by atoms with Crippen LogP contribution < -0.4 is 25.1 Å². The van der Waals surface area contributed by atoms with Gasteiger partial charge in [0.1, 0.15) is 17.9 Å². The zero-order chi connectivity index (χ0) is 32.1. The third kappa shape index (κ3) is 8.58. The lowest BCUT2D eigenvalue weighted by molar-refractivity contribution is -0.0760. The van der Waals surface area contributed by atoms with Gasteiger partial charge < -0.3 is 23.7 Å². The summed E-state index contributed by atoms with van der Waals surface area (Å²) in [6.07, 6.45) is -0.922. The number of rotatable bonds is 9. The molecule has 0 bridgehead atoms. The number of nitrogens with zero attached hydrogens (tertiary/aromatic N) is 1. The molecule has 0 radical (unpaired) electrons. The molecule has 3 rings (SSSR count). The molecule has 0 aliphatic carbocycles. The van der Waals surface area contributed by atoms with E-state index in [0.29, 0.717) is 24.7 Å². The average molecular weight is 641 g/mol. The van der Waals surface area contributed by atoms with Gasteiger partial charge in [-0.1, -0.05) is 23.2 Å². The predicted octanol–water partition coefficient (Wildman–Crippen LogP) is 6.00. The van der Waals surface area contributed by atoms with E-state index in [4.69, 9.17) is 46.9 Å². The van der Waals surface area contributed by atoms with E-state index in [9.17, 15) is 14.4 Å². The number of nitrogens with one attached hydrogen (secondary N) is 2. The first-order valence-corrected chi connectivity index (χ1v) is 14.7. The minimum absolute atomic E-state index is 0.00327. The zero-order valence-electron chi connectivity index (χ0n) is 25.6. The molecule has 2 N–H and O–H groups in total. The van der Waals surface area contributed by atoms with Gasteiger partial charge in [-0.15, -0.1) is 0 Å². The molecule has 2 aromatic carbocycles. The van der Waals surface area contributed by atoms with E-state index < -0.39 is 35.3 Å². The summed E-state index contributed by atoms with van der Waals surface area (Å²) in [5.74, 6) is -0.181. The Bertz CT molecular complexity index is 1320. The molecule has 43 heavy (non-hydrogen) atoms. The number of carbonyl (C=O) groups excluding carboxylic acids is 3. The lowest BCUT2D eigenvalue weighted by Gasteiger charge is -2.35. The molecule has 0 unspecified atom stereocenters. The molecule has 0 saturated carbocycles. The number of halogens is 2. The van der Waals surface area contributed by atoms with Gasteiger partial charge in [-0.3, -0.25) is 25.3 Å². The van der Waals surface area contributed by atoms with Gasteiger partial charge in [-0.2, -0.15) is 0 Å². The monoisotopic (exact) mass is 639 g/mol. The molecule has 1 heterocycles. The van der Waals surface area contributed by atoms with E-state index >= 15 is 0 Å². The number of amides is 3. The van der Waals surface area contributed by atoms with Crippen molar-refractivity contribution < 1.29 is 38.1 Å². The van der Waals surface area contributed by atoms with Crippen molar-refractivity contribution in [2.24, 2.45) is 0 Å². The lowest BCUT2D eigenvalue weighted by atomic mass is 10.1. The molecule has 2 atom stereocenters. The number of benzene rings is 2. The highest BCUT2D eigenvalue weighted by atomic mass is 35.5. The predicted molar refractivity (Wildman–Crippen MR) is 162 cm³/mol. The summed E-state index contributed by atoms with van der Waals surface area (Å²) in [7, 11) is 0. The average Bonchev–Trinajstić information content (AvgIpc) is 3.13. The maximum atomic E-state index is 13.0. The maximum Gasteiger partial charge on any atom is 0.413 e. The second kappa shape index (κ2) is 13.9. The number of ether oxygens (including phenoxy) is 5. The van der Waals surface area contributed by atoms with Gasteiger partial charge in [-0.05, 0) is 85.7 Å². The van der Waals surface area contributed by atoms with Crippen LogP contribution in [0.2, 0.25) is 10.0 Å². The Hall–Kier alpha value is -3.41. The first kappa shape index (κ1) is 34.1. The summed E-state index contributed by atoms with van der Waals surface area (Å²) in [5, 5.41) is 0.123. The topological polar surface area (TPSA) is 125 Å². The molecule has 2 aromatic rings. The Morgan fingerprint density at radius 2 is 1.47 bits per heavy atom.